The molecule has 104 valence electrons. The highest BCUT2D eigenvalue weighted by atomic mass is 16.6. The predicted molar refractivity (Wildman–Crippen MR) is 66.5 cm³/mol. The third-order valence-electron chi connectivity index (χ3n) is 3.14. The van der Waals surface area contributed by atoms with E-state index in [1.165, 1.54) is 11.9 Å². The summed E-state index contributed by atoms with van der Waals surface area (Å²) < 4.78 is 5.23. The molecule has 1 aliphatic heterocycles. The minimum atomic E-state index is -1.16. The summed E-state index contributed by atoms with van der Waals surface area (Å²) in [5.74, 6) is -0.975. The number of hydrogen-bond acceptors (Lipinski definition) is 4. The van der Waals surface area contributed by atoms with E-state index in [4.69, 9.17) is 4.74 Å². The maximum Gasteiger partial charge on any atom is 0.410 e. The van der Waals surface area contributed by atoms with Gasteiger partial charge in [-0.2, -0.15) is 0 Å². The van der Waals surface area contributed by atoms with E-state index >= 15 is 0 Å². The lowest BCUT2D eigenvalue weighted by atomic mass is 9.87. The van der Waals surface area contributed by atoms with Gasteiger partial charge in [-0.3, -0.25) is 4.90 Å². The van der Waals surface area contributed by atoms with Gasteiger partial charge in [-0.1, -0.05) is 0 Å². The van der Waals surface area contributed by atoms with E-state index in [0.717, 1.165) is 0 Å². The van der Waals surface area contributed by atoms with Crippen LogP contribution in [0.3, 0.4) is 0 Å². The zero-order valence-corrected chi connectivity index (χ0v) is 11.4. The summed E-state index contributed by atoms with van der Waals surface area (Å²) in [4.78, 5) is 24.7. The lowest BCUT2D eigenvalue weighted by Crippen LogP contribution is -2.60. The van der Waals surface area contributed by atoms with Gasteiger partial charge >= 0.3 is 12.1 Å². The molecule has 0 aliphatic carbocycles. The first-order valence-corrected chi connectivity index (χ1v) is 6.10. The van der Waals surface area contributed by atoms with E-state index in [0.29, 0.717) is 25.9 Å². The number of carboxylic acid groups (broad SMARTS) is 1. The van der Waals surface area contributed by atoms with Crippen molar-refractivity contribution in [2.75, 3.05) is 20.1 Å². The molecule has 6 heteroatoms. The molecule has 1 aliphatic rings. The average molecular weight is 258 g/mol. The van der Waals surface area contributed by atoms with Crippen LogP contribution in [0, 0.1) is 0 Å². The summed E-state index contributed by atoms with van der Waals surface area (Å²) in [5.41, 5.74) is -1.79. The first-order valence-electron chi connectivity index (χ1n) is 6.10. The van der Waals surface area contributed by atoms with Crippen molar-refractivity contribution >= 4 is 12.1 Å². The standard InChI is InChI=1S/C12H22N2O4/c1-11(2,3)18-10(17)14(4)12(9(15)16)5-7-13-8-6-12/h13H,5-8H2,1-4H3,(H,15,16). The van der Waals surface area contributed by atoms with Gasteiger partial charge < -0.3 is 15.2 Å². The fourth-order valence-electron chi connectivity index (χ4n) is 2.04. The first-order chi connectivity index (χ1) is 8.19. The molecule has 18 heavy (non-hydrogen) atoms. The maximum absolute atomic E-state index is 12.0. The molecule has 1 heterocycles. The Bertz CT molecular complexity index is 329. The molecule has 0 atom stereocenters. The van der Waals surface area contributed by atoms with Gasteiger partial charge in [-0.05, 0) is 46.7 Å². The number of rotatable bonds is 2. The van der Waals surface area contributed by atoms with Crippen LogP contribution in [0.2, 0.25) is 0 Å². The smallest absolute Gasteiger partial charge is 0.410 e. The number of aliphatic carboxylic acids is 1. The van der Waals surface area contributed by atoms with Crippen molar-refractivity contribution in [3.63, 3.8) is 0 Å². The highest BCUT2D eigenvalue weighted by Crippen LogP contribution is 2.27. The quantitative estimate of drug-likeness (QED) is 0.774. The summed E-state index contributed by atoms with van der Waals surface area (Å²) in [6, 6.07) is 0. The monoisotopic (exact) mass is 258 g/mol. The maximum atomic E-state index is 12.0. The second-order valence-corrected chi connectivity index (χ2v) is 5.63. The van der Waals surface area contributed by atoms with Gasteiger partial charge in [0.25, 0.3) is 0 Å². The number of piperidine rings is 1. The highest BCUT2D eigenvalue weighted by Gasteiger charge is 2.46. The topological polar surface area (TPSA) is 78.9 Å². The molecule has 0 saturated carbocycles. The Kier molecular flexibility index (Phi) is 4.21. The van der Waals surface area contributed by atoms with Crippen molar-refractivity contribution in [3.05, 3.63) is 0 Å². The van der Waals surface area contributed by atoms with Crippen molar-refractivity contribution in [2.24, 2.45) is 0 Å². The molecule has 1 saturated heterocycles. The largest absolute Gasteiger partial charge is 0.479 e. The Morgan fingerprint density at radius 1 is 1.28 bits per heavy atom. The van der Waals surface area contributed by atoms with Crippen molar-refractivity contribution in [1.82, 2.24) is 10.2 Å². The minimum Gasteiger partial charge on any atom is -0.479 e. The third kappa shape index (κ3) is 3.13. The summed E-state index contributed by atoms with van der Waals surface area (Å²) in [6.45, 7) is 6.44. The lowest BCUT2D eigenvalue weighted by molar-refractivity contribution is -0.152. The Hall–Kier alpha value is -1.30. The normalized spacial score (nSPS) is 19.1. The number of ether oxygens (including phenoxy) is 1. The van der Waals surface area contributed by atoms with Gasteiger partial charge in [-0.25, -0.2) is 9.59 Å². The van der Waals surface area contributed by atoms with Crippen molar-refractivity contribution in [2.45, 2.75) is 44.8 Å². The van der Waals surface area contributed by atoms with Crippen LogP contribution in [0.1, 0.15) is 33.6 Å². The van der Waals surface area contributed by atoms with Gasteiger partial charge in [0, 0.05) is 7.05 Å². The Morgan fingerprint density at radius 2 is 1.78 bits per heavy atom. The second kappa shape index (κ2) is 5.14. The van der Waals surface area contributed by atoms with Crippen LogP contribution in [0.5, 0.6) is 0 Å². The SMILES string of the molecule is CN(C(=O)OC(C)(C)C)C1(C(=O)O)CCNCC1. The molecule has 0 radical (unpaired) electrons. The summed E-state index contributed by atoms with van der Waals surface area (Å²) in [6.07, 6.45) is 0.183. The molecule has 0 spiro atoms. The van der Waals surface area contributed by atoms with Crippen molar-refractivity contribution < 1.29 is 19.4 Å². The molecule has 6 nitrogen and oxygen atoms in total. The molecule has 2 N–H and O–H groups in total. The van der Waals surface area contributed by atoms with Crippen molar-refractivity contribution in [1.29, 1.82) is 0 Å². The molecule has 1 amide bonds. The fourth-order valence-corrected chi connectivity index (χ4v) is 2.04. The zero-order chi connectivity index (χ0) is 14.0. The number of carbonyl (C=O) groups excluding carboxylic acids is 1. The molecule has 0 aromatic carbocycles. The molecule has 0 unspecified atom stereocenters. The van der Waals surface area contributed by atoms with E-state index in [2.05, 4.69) is 5.32 Å². The first kappa shape index (κ1) is 14.8. The second-order valence-electron chi connectivity index (χ2n) is 5.63. The van der Waals surface area contributed by atoms with Crippen LogP contribution in [0.15, 0.2) is 0 Å². The van der Waals surface area contributed by atoms with E-state index < -0.39 is 23.2 Å². The van der Waals surface area contributed by atoms with Crippen LogP contribution in [0.25, 0.3) is 0 Å². The van der Waals surface area contributed by atoms with Gasteiger partial charge in [0.2, 0.25) is 0 Å². The van der Waals surface area contributed by atoms with Crippen LogP contribution >= 0.6 is 0 Å². The number of nitrogens with zero attached hydrogens (tertiary/aromatic N) is 1. The number of carboxylic acids is 1. The summed E-state index contributed by atoms with van der Waals surface area (Å²) >= 11 is 0. The van der Waals surface area contributed by atoms with Gasteiger partial charge in [0.1, 0.15) is 11.1 Å². The third-order valence-corrected chi connectivity index (χ3v) is 3.14. The number of nitrogens with one attached hydrogen (secondary N) is 1. The summed E-state index contributed by atoms with van der Waals surface area (Å²) in [5, 5.41) is 12.5. The van der Waals surface area contributed by atoms with Crippen LogP contribution in [0.4, 0.5) is 4.79 Å². The molecule has 0 aromatic heterocycles. The highest BCUT2D eigenvalue weighted by molar-refractivity contribution is 5.84. The van der Waals surface area contributed by atoms with E-state index in [1.54, 1.807) is 20.8 Å². The van der Waals surface area contributed by atoms with Gasteiger partial charge in [0.05, 0.1) is 0 Å². The molecular weight excluding hydrogens is 236 g/mol. The van der Waals surface area contributed by atoms with Gasteiger partial charge in [0.15, 0.2) is 0 Å². The fraction of sp³-hybridized carbons (Fsp3) is 0.833. The number of hydrogen-bond donors (Lipinski definition) is 2. The Labute approximate surface area is 107 Å². The summed E-state index contributed by atoms with van der Waals surface area (Å²) in [7, 11) is 1.49. The molecular formula is C12H22N2O4. The number of likely N-dealkylation sites (N-methyl/N-ethyl adjacent to an activating group) is 1. The van der Waals surface area contributed by atoms with Crippen LogP contribution in [-0.2, 0) is 9.53 Å². The van der Waals surface area contributed by atoms with Crippen LogP contribution in [-0.4, -0.2) is 53.3 Å². The average Bonchev–Trinajstić information content (AvgIpc) is 2.26. The molecule has 1 rings (SSSR count). The molecule has 0 aromatic rings. The van der Waals surface area contributed by atoms with E-state index in [1.807, 2.05) is 0 Å². The zero-order valence-electron chi connectivity index (χ0n) is 11.4. The van der Waals surface area contributed by atoms with E-state index in [-0.39, 0.29) is 0 Å². The molecule has 1 fully saturated rings. The van der Waals surface area contributed by atoms with E-state index in [9.17, 15) is 14.7 Å². The Morgan fingerprint density at radius 3 is 2.17 bits per heavy atom. The van der Waals surface area contributed by atoms with Gasteiger partial charge in [-0.15, -0.1) is 0 Å². The van der Waals surface area contributed by atoms with Crippen molar-refractivity contribution in [3.8, 4) is 0 Å². The number of amides is 1. The Balaban J connectivity index is 2.86. The van der Waals surface area contributed by atoms with Crippen LogP contribution < -0.4 is 5.32 Å². The predicted octanol–water partition coefficient (Wildman–Crippen LogP) is 1.06. The molecule has 0 bridgehead atoms. The minimum absolute atomic E-state index is 0.387. The number of carbonyl (C=O) groups is 2. The lowest BCUT2D eigenvalue weighted by Gasteiger charge is -2.41.